The molecule has 3 amide bonds. The molecule has 0 radical (unpaired) electrons. The van der Waals surface area contributed by atoms with Gasteiger partial charge in [0.2, 0.25) is 11.8 Å². The minimum Gasteiger partial charge on any atom is -0.362 e. The molecular formula is C11H13N3O3. The highest BCUT2D eigenvalue weighted by molar-refractivity contribution is 6.08. The fourth-order valence-corrected chi connectivity index (χ4v) is 1.87. The van der Waals surface area contributed by atoms with Gasteiger partial charge in [-0.15, -0.1) is 0 Å². The van der Waals surface area contributed by atoms with Gasteiger partial charge >= 0.3 is 0 Å². The van der Waals surface area contributed by atoms with Crippen LogP contribution in [0.3, 0.4) is 0 Å². The number of carbonyl (C=O) groups is 3. The minimum atomic E-state index is -0.760. The highest BCUT2D eigenvalue weighted by Gasteiger charge is 2.32. The molecule has 1 aliphatic heterocycles. The molecule has 0 aliphatic carbocycles. The number of aromatic nitrogens is 1. The summed E-state index contributed by atoms with van der Waals surface area (Å²) in [5, 5.41) is 4.68. The lowest BCUT2D eigenvalue weighted by Gasteiger charge is -2.08. The first-order chi connectivity index (χ1) is 7.97. The summed E-state index contributed by atoms with van der Waals surface area (Å²) in [5.74, 6) is -1.16. The van der Waals surface area contributed by atoms with Crippen LogP contribution in [0.15, 0.2) is 6.07 Å². The molecule has 3 N–H and O–H groups in total. The number of rotatable bonds is 2. The van der Waals surface area contributed by atoms with E-state index in [0.29, 0.717) is 5.56 Å². The second-order valence-corrected chi connectivity index (χ2v) is 4.13. The van der Waals surface area contributed by atoms with Gasteiger partial charge in [0.1, 0.15) is 6.04 Å². The summed E-state index contributed by atoms with van der Waals surface area (Å²) in [6.07, 6.45) is 0.00697. The van der Waals surface area contributed by atoms with Crippen LogP contribution >= 0.6 is 0 Å². The first kappa shape index (κ1) is 11.4. The van der Waals surface area contributed by atoms with Crippen LogP contribution in [-0.2, 0) is 9.59 Å². The van der Waals surface area contributed by atoms with Gasteiger partial charge in [-0.05, 0) is 19.9 Å². The predicted molar refractivity (Wildman–Crippen MR) is 59.3 cm³/mol. The van der Waals surface area contributed by atoms with Crippen LogP contribution in [0.1, 0.15) is 28.2 Å². The van der Waals surface area contributed by atoms with E-state index in [1.54, 1.807) is 13.0 Å². The zero-order chi connectivity index (χ0) is 12.6. The molecule has 0 saturated carbocycles. The Morgan fingerprint density at radius 2 is 2.12 bits per heavy atom. The van der Waals surface area contributed by atoms with E-state index in [-0.39, 0.29) is 18.2 Å². The quantitative estimate of drug-likeness (QED) is 0.619. The number of carbonyl (C=O) groups excluding carboxylic acids is 3. The smallest absolute Gasteiger partial charge is 0.253 e. The van der Waals surface area contributed by atoms with E-state index in [0.717, 1.165) is 11.4 Å². The van der Waals surface area contributed by atoms with Crippen LogP contribution in [0.5, 0.6) is 0 Å². The topological polar surface area (TPSA) is 91.1 Å². The largest absolute Gasteiger partial charge is 0.362 e. The zero-order valence-corrected chi connectivity index (χ0v) is 9.59. The Morgan fingerprint density at radius 1 is 1.41 bits per heavy atom. The molecule has 17 heavy (non-hydrogen) atoms. The Bertz CT molecular complexity index is 504. The maximum absolute atomic E-state index is 11.9. The molecule has 0 bridgehead atoms. The van der Waals surface area contributed by atoms with Crippen LogP contribution in [0.4, 0.5) is 0 Å². The molecular weight excluding hydrogens is 222 g/mol. The fourth-order valence-electron chi connectivity index (χ4n) is 1.87. The van der Waals surface area contributed by atoms with Crippen molar-refractivity contribution in [3.8, 4) is 0 Å². The standard InChI is InChI=1S/C11H13N3O3/c1-5-3-7(6(2)12-5)10(16)13-8-4-9(15)14-11(8)17/h3,8,12H,4H2,1-2H3,(H,13,16)(H,14,15,17). The number of aromatic amines is 1. The first-order valence-corrected chi connectivity index (χ1v) is 5.28. The van der Waals surface area contributed by atoms with E-state index in [9.17, 15) is 14.4 Å². The Hall–Kier alpha value is -2.11. The predicted octanol–water partition coefficient (Wildman–Crippen LogP) is -0.224. The van der Waals surface area contributed by atoms with Gasteiger partial charge < -0.3 is 10.3 Å². The van der Waals surface area contributed by atoms with Gasteiger partial charge in [0.15, 0.2) is 0 Å². The van der Waals surface area contributed by atoms with Crippen LogP contribution in [-0.4, -0.2) is 28.7 Å². The summed E-state index contributed by atoms with van der Waals surface area (Å²) < 4.78 is 0. The molecule has 6 heteroatoms. The Kier molecular flexibility index (Phi) is 2.71. The summed E-state index contributed by atoms with van der Waals surface area (Å²) in [5.41, 5.74) is 2.11. The summed E-state index contributed by atoms with van der Waals surface area (Å²) in [7, 11) is 0. The molecule has 1 saturated heterocycles. The average Bonchev–Trinajstić information content (AvgIpc) is 2.70. The number of nitrogens with one attached hydrogen (secondary N) is 3. The number of hydrogen-bond donors (Lipinski definition) is 3. The van der Waals surface area contributed by atoms with E-state index in [1.807, 2.05) is 6.92 Å². The maximum Gasteiger partial charge on any atom is 0.253 e. The number of aryl methyl sites for hydroxylation is 2. The van der Waals surface area contributed by atoms with Crippen molar-refractivity contribution in [2.45, 2.75) is 26.3 Å². The molecule has 2 heterocycles. The van der Waals surface area contributed by atoms with Gasteiger partial charge in [0, 0.05) is 11.4 Å². The van der Waals surface area contributed by atoms with E-state index in [4.69, 9.17) is 0 Å². The van der Waals surface area contributed by atoms with Gasteiger partial charge in [0.05, 0.1) is 12.0 Å². The number of hydrogen-bond acceptors (Lipinski definition) is 3. The first-order valence-electron chi connectivity index (χ1n) is 5.28. The van der Waals surface area contributed by atoms with Crippen LogP contribution < -0.4 is 10.6 Å². The molecule has 0 spiro atoms. The van der Waals surface area contributed by atoms with E-state index in [1.165, 1.54) is 0 Å². The Balaban J connectivity index is 2.10. The highest BCUT2D eigenvalue weighted by atomic mass is 16.2. The van der Waals surface area contributed by atoms with Crippen LogP contribution in [0.2, 0.25) is 0 Å². The number of amides is 3. The lowest BCUT2D eigenvalue weighted by atomic mass is 10.2. The minimum absolute atomic E-state index is 0.00697. The molecule has 1 fully saturated rings. The third-order valence-electron chi connectivity index (χ3n) is 2.67. The highest BCUT2D eigenvalue weighted by Crippen LogP contribution is 2.10. The van der Waals surface area contributed by atoms with Crippen molar-refractivity contribution in [3.05, 3.63) is 23.0 Å². The van der Waals surface area contributed by atoms with Crippen molar-refractivity contribution in [2.24, 2.45) is 0 Å². The summed E-state index contributed by atoms with van der Waals surface area (Å²) in [4.78, 5) is 37.1. The lowest BCUT2D eigenvalue weighted by Crippen LogP contribution is -2.40. The molecule has 1 atom stereocenters. The number of imide groups is 1. The van der Waals surface area contributed by atoms with Crippen LogP contribution in [0.25, 0.3) is 0 Å². The summed E-state index contributed by atoms with van der Waals surface area (Å²) in [6, 6.07) is 0.948. The molecule has 1 aliphatic rings. The zero-order valence-electron chi connectivity index (χ0n) is 9.59. The second-order valence-electron chi connectivity index (χ2n) is 4.13. The van der Waals surface area contributed by atoms with Gasteiger partial charge in [-0.25, -0.2) is 0 Å². The number of H-pyrrole nitrogens is 1. The fraction of sp³-hybridized carbons (Fsp3) is 0.364. The van der Waals surface area contributed by atoms with Crippen LogP contribution in [0, 0.1) is 13.8 Å². The monoisotopic (exact) mass is 235 g/mol. The maximum atomic E-state index is 11.9. The van der Waals surface area contributed by atoms with E-state index < -0.39 is 11.9 Å². The third kappa shape index (κ3) is 2.20. The third-order valence-corrected chi connectivity index (χ3v) is 2.67. The van der Waals surface area contributed by atoms with Crippen molar-refractivity contribution >= 4 is 17.7 Å². The lowest BCUT2D eigenvalue weighted by molar-refractivity contribution is -0.125. The van der Waals surface area contributed by atoms with Gasteiger partial charge in [0.25, 0.3) is 5.91 Å². The average molecular weight is 235 g/mol. The SMILES string of the molecule is Cc1cc(C(=O)NC2CC(=O)NC2=O)c(C)[nH]1. The van der Waals surface area contributed by atoms with Gasteiger partial charge in [-0.3, -0.25) is 19.7 Å². The summed E-state index contributed by atoms with van der Waals surface area (Å²) in [6.45, 7) is 3.62. The van der Waals surface area contributed by atoms with Gasteiger partial charge in [-0.2, -0.15) is 0 Å². The van der Waals surface area contributed by atoms with E-state index in [2.05, 4.69) is 15.6 Å². The Morgan fingerprint density at radius 3 is 2.59 bits per heavy atom. The van der Waals surface area contributed by atoms with E-state index >= 15 is 0 Å². The molecule has 1 aromatic heterocycles. The van der Waals surface area contributed by atoms with Crippen molar-refractivity contribution in [2.75, 3.05) is 0 Å². The molecule has 6 nitrogen and oxygen atoms in total. The van der Waals surface area contributed by atoms with Crippen molar-refractivity contribution < 1.29 is 14.4 Å². The normalized spacial score (nSPS) is 19.3. The Labute approximate surface area is 97.8 Å². The molecule has 0 aromatic carbocycles. The molecule has 90 valence electrons. The summed E-state index contributed by atoms with van der Waals surface area (Å²) >= 11 is 0. The van der Waals surface area contributed by atoms with Crippen molar-refractivity contribution in [3.63, 3.8) is 0 Å². The van der Waals surface area contributed by atoms with Crippen molar-refractivity contribution in [1.82, 2.24) is 15.6 Å². The molecule has 1 unspecified atom stereocenters. The second kappa shape index (κ2) is 4.04. The van der Waals surface area contributed by atoms with Gasteiger partial charge in [-0.1, -0.05) is 0 Å². The molecule has 2 rings (SSSR count). The van der Waals surface area contributed by atoms with Crippen molar-refractivity contribution in [1.29, 1.82) is 0 Å². The molecule has 1 aromatic rings.